The molecule has 140 valence electrons. The smallest absolute Gasteiger partial charge is 0.206 e. The molecule has 0 aliphatic carbocycles. The molecule has 0 unspecified atom stereocenters. The quantitative estimate of drug-likeness (QED) is 0.457. The van der Waals surface area contributed by atoms with Crippen LogP contribution >= 0.6 is 0 Å². The normalized spacial score (nSPS) is 19.0. The topological polar surface area (TPSA) is 92.8 Å². The molecule has 0 radical (unpaired) electrons. The van der Waals surface area contributed by atoms with E-state index in [9.17, 15) is 22.9 Å². The van der Waals surface area contributed by atoms with Gasteiger partial charge in [0, 0.05) is 11.3 Å². The van der Waals surface area contributed by atoms with Crippen molar-refractivity contribution < 1.29 is 17.6 Å². The average Bonchev–Trinajstić information content (AvgIpc) is 3.12. The fourth-order valence-corrected chi connectivity index (χ4v) is 4.98. The van der Waals surface area contributed by atoms with Gasteiger partial charge in [-0.15, -0.1) is 0 Å². The van der Waals surface area contributed by atoms with Crippen molar-refractivity contribution in [3.05, 3.63) is 58.2 Å². The van der Waals surface area contributed by atoms with Gasteiger partial charge < -0.3 is 0 Å². The second kappa shape index (κ2) is 7.08. The third-order valence-corrected chi connectivity index (χ3v) is 6.46. The zero-order valence-corrected chi connectivity index (χ0v) is 15.8. The van der Waals surface area contributed by atoms with Gasteiger partial charge in [0.1, 0.15) is 17.5 Å². The Morgan fingerprint density at radius 1 is 1.37 bits per heavy atom. The third kappa shape index (κ3) is 3.69. The summed E-state index contributed by atoms with van der Waals surface area (Å²) in [5.41, 5.74) is 1.44. The van der Waals surface area contributed by atoms with Crippen LogP contribution in [0, 0.1) is 31.0 Å². The monoisotopic (exact) mass is 387 g/mol. The molecule has 8 heteroatoms. The number of sulfone groups is 1. The third-order valence-electron chi connectivity index (χ3n) is 4.71. The van der Waals surface area contributed by atoms with Gasteiger partial charge in [-0.3, -0.25) is 9.48 Å². The molecule has 2 aromatic rings. The van der Waals surface area contributed by atoms with E-state index in [1.54, 1.807) is 18.5 Å². The largest absolute Gasteiger partial charge is 0.288 e. The van der Waals surface area contributed by atoms with E-state index >= 15 is 0 Å². The van der Waals surface area contributed by atoms with E-state index in [-0.39, 0.29) is 28.7 Å². The predicted octanol–water partition coefficient (Wildman–Crippen LogP) is 2.79. The summed E-state index contributed by atoms with van der Waals surface area (Å²) in [5, 5.41) is 13.8. The van der Waals surface area contributed by atoms with Crippen molar-refractivity contribution in [2.24, 2.45) is 0 Å². The SMILES string of the molecule is Cc1nn([C@@H]2CCS(=O)(=O)C2)c(C)c1/C=C(\C#N)C(=O)c1ccccc1F. The lowest BCUT2D eigenvalue weighted by Gasteiger charge is -2.11. The summed E-state index contributed by atoms with van der Waals surface area (Å²) in [6.45, 7) is 3.49. The minimum atomic E-state index is -3.07. The van der Waals surface area contributed by atoms with Crippen molar-refractivity contribution >= 4 is 21.7 Å². The first-order valence-corrected chi connectivity index (χ1v) is 10.2. The Kier molecular flexibility index (Phi) is 4.98. The second-order valence-corrected chi connectivity index (χ2v) is 8.79. The van der Waals surface area contributed by atoms with Crippen molar-refractivity contribution in [1.82, 2.24) is 9.78 Å². The van der Waals surface area contributed by atoms with Crippen LogP contribution in [0.25, 0.3) is 6.08 Å². The Bertz CT molecular complexity index is 1090. The van der Waals surface area contributed by atoms with Crippen LogP contribution in [0.5, 0.6) is 0 Å². The molecule has 27 heavy (non-hydrogen) atoms. The minimum absolute atomic E-state index is 0.0252. The van der Waals surface area contributed by atoms with Gasteiger partial charge in [0.25, 0.3) is 0 Å². The summed E-state index contributed by atoms with van der Waals surface area (Å²) < 4.78 is 39.0. The Morgan fingerprint density at radius 2 is 2.07 bits per heavy atom. The highest BCUT2D eigenvalue weighted by molar-refractivity contribution is 7.91. The van der Waals surface area contributed by atoms with Crippen LogP contribution in [-0.4, -0.2) is 35.5 Å². The standard InChI is InChI=1S/C19H18FN3O3S/c1-12-17(13(2)23(22-12)15-7-8-27(25,26)11-15)9-14(10-21)19(24)16-5-3-4-6-18(16)20/h3-6,9,15H,7-8,11H2,1-2H3/b14-9+/t15-/m1/s1. The van der Waals surface area contributed by atoms with Crippen LogP contribution in [-0.2, 0) is 9.84 Å². The molecule has 1 aliphatic heterocycles. The van der Waals surface area contributed by atoms with E-state index < -0.39 is 21.4 Å². The number of nitriles is 1. The van der Waals surface area contributed by atoms with Crippen LogP contribution in [0.15, 0.2) is 29.8 Å². The van der Waals surface area contributed by atoms with Crippen molar-refractivity contribution in [2.45, 2.75) is 26.3 Å². The summed E-state index contributed by atoms with van der Waals surface area (Å²) in [7, 11) is -3.07. The van der Waals surface area contributed by atoms with Gasteiger partial charge in [-0.25, -0.2) is 12.8 Å². The number of hydrogen-bond donors (Lipinski definition) is 0. The average molecular weight is 387 g/mol. The number of aryl methyl sites for hydroxylation is 1. The number of benzene rings is 1. The fourth-order valence-electron chi connectivity index (χ4n) is 3.29. The molecule has 0 amide bonds. The summed E-state index contributed by atoms with van der Waals surface area (Å²) in [6, 6.07) is 7.06. The minimum Gasteiger partial charge on any atom is -0.288 e. The van der Waals surface area contributed by atoms with Gasteiger partial charge >= 0.3 is 0 Å². The molecule has 2 heterocycles. The number of nitrogens with zero attached hydrogens (tertiary/aromatic N) is 3. The van der Waals surface area contributed by atoms with Crippen LogP contribution in [0.1, 0.15) is 39.8 Å². The lowest BCUT2D eigenvalue weighted by Crippen LogP contribution is -2.14. The van der Waals surface area contributed by atoms with E-state index in [2.05, 4.69) is 5.10 Å². The highest BCUT2D eigenvalue weighted by Crippen LogP contribution is 2.28. The van der Waals surface area contributed by atoms with Gasteiger partial charge in [-0.05, 0) is 38.5 Å². The van der Waals surface area contributed by atoms with Crippen LogP contribution in [0.2, 0.25) is 0 Å². The fraction of sp³-hybridized carbons (Fsp3) is 0.316. The van der Waals surface area contributed by atoms with E-state index in [0.717, 1.165) is 6.07 Å². The summed E-state index contributed by atoms with van der Waals surface area (Å²) in [4.78, 5) is 12.5. The molecule has 6 nitrogen and oxygen atoms in total. The number of allylic oxidation sites excluding steroid dienone is 1. The molecule has 1 aromatic carbocycles. The van der Waals surface area contributed by atoms with E-state index in [1.807, 2.05) is 6.07 Å². The molecular formula is C19H18FN3O3S. The Balaban J connectivity index is 2.00. The van der Waals surface area contributed by atoms with Gasteiger partial charge in [-0.1, -0.05) is 12.1 Å². The highest BCUT2D eigenvalue weighted by Gasteiger charge is 2.31. The molecule has 0 bridgehead atoms. The van der Waals surface area contributed by atoms with E-state index in [1.165, 1.54) is 24.3 Å². The zero-order chi connectivity index (χ0) is 19.8. The van der Waals surface area contributed by atoms with Crippen LogP contribution < -0.4 is 0 Å². The first-order valence-electron chi connectivity index (χ1n) is 8.40. The number of rotatable bonds is 4. The molecule has 0 N–H and O–H groups in total. The maximum atomic E-state index is 13.9. The number of hydrogen-bond acceptors (Lipinski definition) is 5. The molecule has 0 saturated carbocycles. The first-order chi connectivity index (χ1) is 12.7. The molecule has 1 atom stereocenters. The molecule has 3 rings (SSSR count). The van der Waals surface area contributed by atoms with Crippen molar-refractivity contribution in [1.29, 1.82) is 5.26 Å². The molecule has 1 aliphatic rings. The Labute approximate surface area is 156 Å². The van der Waals surface area contributed by atoms with E-state index in [0.29, 0.717) is 23.4 Å². The van der Waals surface area contributed by atoms with Gasteiger partial charge in [0.15, 0.2) is 9.84 Å². The molecule has 1 saturated heterocycles. The van der Waals surface area contributed by atoms with Crippen molar-refractivity contribution in [3.63, 3.8) is 0 Å². The molecule has 0 spiro atoms. The maximum absolute atomic E-state index is 13.9. The summed E-state index contributed by atoms with van der Waals surface area (Å²) in [6.07, 6.45) is 1.87. The van der Waals surface area contributed by atoms with Crippen LogP contribution in [0.3, 0.4) is 0 Å². The number of carbonyl (C=O) groups excluding carboxylic acids is 1. The van der Waals surface area contributed by atoms with Crippen molar-refractivity contribution in [3.8, 4) is 6.07 Å². The molecule has 1 aromatic heterocycles. The highest BCUT2D eigenvalue weighted by atomic mass is 32.2. The summed E-state index contributed by atoms with van der Waals surface area (Å²) >= 11 is 0. The van der Waals surface area contributed by atoms with Gasteiger partial charge in [0.05, 0.1) is 28.8 Å². The predicted molar refractivity (Wildman–Crippen MR) is 98.3 cm³/mol. The number of ketones is 1. The van der Waals surface area contributed by atoms with Gasteiger partial charge in [0.2, 0.25) is 5.78 Å². The van der Waals surface area contributed by atoms with Crippen molar-refractivity contribution in [2.75, 3.05) is 11.5 Å². The maximum Gasteiger partial charge on any atom is 0.206 e. The Morgan fingerprint density at radius 3 is 2.67 bits per heavy atom. The molecule has 1 fully saturated rings. The number of Topliss-reactive ketones (excluding diaryl/α,β-unsaturated/α-hetero) is 1. The summed E-state index contributed by atoms with van der Waals surface area (Å²) in [5.74, 6) is -1.25. The lowest BCUT2D eigenvalue weighted by molar-refractivity contribution is 0.103. The number of halogens is 1. The van der Waals surface area contributed by atoms with E-state index in [4.69, 9.17) is 0 Å². The number of aromatic nitrogens is 2. The second-order valence-electron chi connectivity index (χ2n) is 6.56. The Hall–Kier alpha value is -2.79. The first kappa shape index (κ1) is 19.0. The van der Waals surface area contributed by atoms with Gasteiger partial charge in [-0.2, -0.15) is 10.4 Å². The van der Waals surface area contributed by atoms with Crippen LogP contribution in [0.4, 0.5) is 4.39 Å². The molecular weight excluding hydrogens is 369 g/mol. The lowest BCUT2D eigenvalue weighted by atomic mass is 10.0. The zero-order valence-electron chi connectivity index (χ0n) is 14.9. The number of carbonyl (C=O) groups is 1.